The van der Waals surface area contributed by atoms with E-state index < -0.39 is 0 Å². The molecule has 3 rings (SSSR count). The second-order valence-electron chi connectivity index (χ2n) is 5.20. The third-order valence-electron chi connectivity index (χ3n) is 3.70. The van der Waals surface area contributed by atoms with Crippen LogP contribution in [-0.2, 0) is 4.79 Å². The van der Waals surface area contributed by atoms with Gasteiger partial charge in [0.1, 0.15) is 11.4 Å². The molecule has 1 aliphatic rings. The number of rotatable bonds is 4. The third-order valence-corrected chi connectivity index (χ3v) is 3.70. The molecule has 1 aromatic heterocycles. The number of methoxy groups -OCH3 is 1. The van der Waals surface area contributed by atoms with Crippen molar-refractivity contribution >= 4 is 23.2 Å². The van der Waals surface area contributed by atoms with E-state index in [-0.39, 0.29) is 11.8 Å². The van der Waals surface area contributed by atoms with Gasteiger partial charge in [-0.2, -0.15) is 0 Å². The van der Waals surface area contributed by atoms with Crippen LogP contribution >= 0.6 is 0 Å². The van der Waals surface area contributed by atoms with Crippen molar-refractivity contribution in [3.63, 3.8) is 0 Å². The van der Waals surface area contributed by atoms with Gasteiger partial charge in [-0.05, 0) is 30.7 Å². The minimum absolute atomic E-state index is 0.0913. The maximum absolute atomic E-state index is 12.1. The Morgan fingerprint density at radius 1 is 1.30 bits per heavy atom. The van der Waals surface area contributed by atoms with Crippen LogP contribution in [0.2, 0.25) is 0 Å². The molecule has 2 aromatic rings. The average Bonchev–Trinajstić information content (AvgIpc) is 3.01. The zero-order valence-corrected chi connectivity index (χ0v) is 12.8. The number of nitrogens with one attached hydrogen (secondary N) is 1. The van der Waals surface area contributed by atoms with Crippen LogP contribution in [0.5, 0.6) is 5.75 Å². The Bertz CT molecular complexity index is 731. The van der Waals surface area contributed by atoms with Crippen molar-refractivity contribution < 1.29 is 14.3 Å². The van der Waals surface area contributed by atoms with Gasteiger partial charge in [0, 0.05) is 30.9 Å². The van der Waals surface area contributed by atoms with Gasteiger partial charge in [-0.25, -0.2) is 0 Å². The van der Waals surface area contributed by atoms with E-state index in [9.17, 15) is 9.59 Å². The molecule has 2 amide bonds. The van der Waals surface area contributed by atoms with Crippen molar-refractivity contribution in [1.82, 2.24) is 4.98 Å². The second-order valence-corrected chi connectivity index (χ2v) is 5.20. The molecule has 0 radical (unpaired) electrons. The zero-order valence-electron chi connectivity index (χ0n) is 12.8. The van der Waals surface area contributed by atoms with E-state index >= 15 is 0 Å². The summed E-state index contributed by atoms with van der Waals surface area (Å²) < 4.78 is 5.37. The Hall–Kier alpha value is -2.89. The average molecular weight is 311 g/mol. The molecular formula is C17H17N3O3. The number of hydrogen-bond donors (Lipinski definition) is 1. The van der Waals surface area contributed by atoms with Gasteiger partial charge >= 0.3 is 0 Å². The van der Waals surface area contributed by atoms with Gasteiger partial charge in [-0.3, -0.25) is 14.6 Å². The Kier molecular flexibility index (Phi) is 4.23. The normalized spacial score (nSPS) is 14.0. The van der Waals surface area contributed by atoms with E-state index in [1.54, 1.807) is 54.6 Å². The van der Waals surface area contributed by atoms with Gasteiger partial charge in [0.05, 0.1) is 12.8 Å². The maximum Gasteiger partial charge on any atom is 0.274 e. The molecule has 0 bridgehead atoms. The summed E-state index contributed by atoms with van der Waals surface area (Å²) in [5, 5.41) is 2.78. The Morgan fingerprint density at radius 2 is 2.17 bits per heavy atom. The van der Waals surface area contributed by atoms with Crippen LogP contribution in [0, 0.1) is 0 Å². The van der Waals surface area contributed by atoms with Crippen LogP contribution in [0.4, 0.5) is 11.4 Å². The van der Waals surface area contributed by atoms with E-state index in [2.05, 4.69) is 10.3 Å². The summed E-state index contributed by atoms with van der Waals surface area (Å²) in [6.07, 6.45) is 2.97. The molecule has 118 valence electrons. The van der Waals surface area contributed by atoms with Crippen LogP contribution in [0.3, 0.4) is 0 Å². The minimum atomic E-state index is -0.294. The first-order chi connectivity index (χ1) is 11.2. The van der Waals surface area contributed by atoms with Gasteiger partial charge in [0.2, 0.25) is 5.91 Å². The number of amides is 2. The molecule has 1 saturated heterocycles. The number of benzene rings is 1. The molecule has 6 heteroatoms. The summed E-state index contributed by atoms with van der Waals surface area (Å²) in [4.78, 5) is 29.7. The smallest absolute Gasteiger partial charge is 0.274 e. The summed E-state index contributed by atoms with van der Waals surface area (Å²) in [5.41, 5.74) is 1.66. The lowest BCUT2D eigenvalue weighted by molar-refractivity contribution is -0.117. The maximum atomic E-state index is 12.1. The quantitative estimate of drug-likeness (QED) is 0.941. The predicted molar refractivity (Wildman–Crippen MR) is 86.8 cm³/mol. The summed E-state index contributed by atoms with van der Waals surface area (Å²) in [6.45, 7) is 0.689. The fraction of sp³-hybridized carbons (Fsp3) is 0.235. The molecule has 1 fully saturated rings. The molecule has 6 nitrogen and oxygen atoms in total. The van der Waals surface area contributed by atoms with Crippen LogP contribution in [0.1, 0.15) is 23.3 Å². The van der Waals surface area contributed by atoms with Gasteiger partial charge in [-0.1, -0.05) is 6.07 Å². The highest BCUT2D eigenvalue weighted by Gasteiger charge is 2.24. The molecule has 0 aliphatic carbocycles. The van der Waals surface area contributed by atoms with Crippen LogP contribution in [-0.4, -0.2) is 30.5 Å². The molecular weight excluding hydrogens is 294 g/mol. The second kappa shape index (κ2) is 6.48. The van der Waals surface area contributed by atoms with E-state index in [0.29, 0.717) is 30.1 Å². The highest BCUT2D eigenvalue weighted by Crippen LogP contribution is 2.33. The molecule has 0 atom stereocenters. The fourth-order valence-electron chi connectivity index (χ4n) is 2.57. The molecule has 1 N–H and O–H groups in total. The van der Waals surface area contributed by atoms with Crippen molar-refractivity contribution in [1.29, 1.82) is 0 Å². The highest BCUT2D eigenvalue weighted by molar-refractivity contribution is 6.03. The van der Waals surface area contributed by atoms with E-state index in [1.165, 1.54) is 0 Å². The van der Waals surface area contributed by atoms with Crippen LogP contribution in [0.25, 0.3) is 0 Å². The fourth-order valence-corrected chi connectivity index (χ4v) is 2.57. The number of nitrogens with zero attached hydrogens (tertiary/aromatic N) is 2. The molecule has 0 spiro atoms. The molecule has 2 heterocycles. The Morgan fingerprint density at radius 3 is 2.83 bits per heavy atom. The van der Waals surface area contributed by atoms with E-state index in [1.807, 2.05) is 0 Å². The molecule has 0 saturated carbocycles. The monoisotopic (exact) mass is 311 g/mol. The highest BCUT2D eigenvalue weighted by atomic mass is 16.5. The number of carbonyl (C=O) groups excluding carboxylic acids is 2. The standard InChI is InChI=1S/C17H17N3O3/c1-23-15-11-12(19-17(22)13-5-2-3-9-18-13)7-8-14(15)20-10-4-6-16(20)21/h2-3,5,7-9,11H,4,6,10H2,1H3,(H,19,22). The third kappa shape index (κ3) is 3.15. The lowest BCUT2D eigenvalue weighted by Crippen LogP contribution is -2.24. The zero-order chi connectivity index (χ0) is 16.2. The van der Waals surface area contributed by atoms with Gasteiger partial charge in [0.25, 0.3) is 5.91 Å². The lowest BCUT2D eigenvalue weighted by atomic mass is 10.2. The SMILES string of the molecule is COc1cc(NC(=O)c2ccccn2)ccc1N1CCCC1=O. The summed E-state index contributed by atoms with van der Waals surface area (Å²) in [6, 6.07) is 10.4. The van der Waals surface area contributed by atoms with Gasteiger partial charge in [0.15, 0.2) is 0 Å². The topological polar surface area (TPSA) is 71.5 Å². The Labute approximate surface area is 134 Å². The molecule has 1 aliphatic heterocycles. The summed E-state index contributed by atoms with van der Waals surface area (Å²) in [7, 11) is 1.55. The van der Waals surface area contributed by atoms with Crippen molar-refractivity contribution in [3.8, 4) is 5.75 Å². The van der Waals surface area contributed by atoms with Gasteiger partial charge < -0.3 is 15.0 Å². The largest absolute Gasteiger partial charge is 0.494 e. The van der Waals surface area contributed by atoms with E-state index in [0.717, 1.165) is 12.1 Å². The van der Waals surface area contributed by atoms with Crippen LogP contribution < -0.4 is 15.0 Å². The number of aromatic nitrogens is 1. The number of pyridine rings is 1. The number of ether oxygens (including phenoxy) is 1. The molecule has 1 aromatic carbocycles. The minimum Gasteiger partial charge on any atom is -0.494 e. The van der Waals surface area contributed by atoms with Crippen molar-refractivity contribution in [2.45, 2.75) is 12.8 Å². The van der Waals surface area contributed by atoms with Gasteiger partial charge in [-0.15, -0.1) is 0 Å². The molecule has 23 heavy (non-hydrogen) atoms. The molecule has 0 unspecified atom stereocenters. The first-order valence-electron chi connectivity index (χ1n) is 7.40. The summed E-state index contributed by atoms with van der Waals surface area (Å²) >= 11 is 0. The summed E-state index contributed by atoms with van der Waals surface area (Å²) in [5.74, 6) is 0.352. The lowest BCUT2D eigenvalue weighted by Gasteiger charge is -2.19. The van der Waals surface area contributed by atoms with Crippen LogP contribution in [0.15, 0.2) is 42.6 Å². The van der Waals surface area contributed by atoms with Crippen molar-refractivity contribution in [3.05, 3.63) is 48.3 Å². The first-order valence-corrected chi connectivity index (χ1v) is 7.40. The number of carbonyl (C=O) groups is 2. The first kappa shape index (κ1) is 15.0. The predicted octanol–water partition coefficient (Wildman–Crippen LogP) is 2.47. The van der Waals surface area contributed by atoms with Crippen molar-refractivity contribution in [2.75, 3.05) is 23.9 Å². The number of hydrogen-bond acceptors (Lipinski definition) is 4. The Balaban J connectivity index is 1.82. The van der Waals surface area contributed by atoms with Crippen molar-refractivity contribution in [2.24, 2.45) is 0 Å². The van der Waals surface area contributed by atoms with E-state index in [4.69, 9.17) is 4.74 Å². The number of anilines is 2.